The number of aliphatic hydroxyl groups is 1. The zero-order valence-electron chi connectivity index (χ0n) is 19.9. The van der Waals surface area contributed by atoms with Crippen LogP contribution in [0.1, 0.15) is 22.7 Å². The zero-order valence-corrected chi connectivity index (χ0v) is 20.7. The number of thiazole rings is 1. The second-order valence-corrected chi connectivity index (χ2v) is 9.85. The lowest BCUT2D eigenvalue weighted by Gasteiger charge is -2.23. The SMILES string of the molecule is Cc1ccc2nc(N3C(=O)C(=O)/C(=C(\O)c4ccc5c(c4)OCCO5)C3c3ccc([N+](=O)[O-])cc3)sc2c1. The lowest BCUT2D eigenvalue weighted by Crippen LogP contribution is -2.29. The maximum atomic E-state index is 13.4. The van der Waals surface area contributed by atoms with E-state index >= 15 is 0 Å². The largest absolute Gasteiger partial charge is 0.507 e. The number of amides is 1. The number of aryl methyl sites for hydroxylation is 1. The number of hydrogen-bond acceptors (Lipinski definition) is 9. The summed E-state index contributed by atoms with van der Waals surface area (Å²) in [6.45, 7) is 2.67. The normalized spacial score (nSPS) is 18.2. The van der Waals surface area contributed by atoms with Crippen LogP contribution < -0.4 is 14.4 Å². The highest BCUT2D eigenvalue weighted by molar-refractivity contribution is 7.22. The number of carbonyl (C=O) groups is 2. The number of nitro benzene ring substituents is 1. The molecule has 38 heavy (non-hydrogen) atoms. The molecule has 1 aromatic heterocycles. The van der Waals surface area contributed by atoms with Gasteiger partial charge >= 0.3 is 5.91 Å². The Hall–Kier alpha value is -4.77. The average molecular weight is 530 g/mol. The molecular formula is C27H19N3O7S. The smallest absolute Gasteiger partial charge is 0.301 e. The molecule has 10 nitrogen and oxygen atoms in total. The monoisotopic (exact) mass is 529 g/mol. The van der Waals surface area contributed by atoms with Crippen molar-refractivity contribution in [3.8, 4) is 11.5 Å². The lowest BCUT2D eigenvalue weighted by molar-refractivity contribution is -0.384. The Bertz CT molecular complexity index is 1680. The molecule has 2 aliphatic rings. The maximum absolute atomic E-state index is 13.4. The molecule has 3 heterocycles. The Labute approximate surface area is 219 Å². The lowest BCUT2D eigenvalue weighted by atomic mass is 9.95. The van der Waals surface area contributed by atoms with Crippen LogP contribution in [0.3, 0.4) is 0 Å². The zero-order chi connectivity index (χ0) is 26.6. The van der Waals surface area contributed by atoms with Crippen LogP contribution in [0.15, 0.2) is 66.2 Å². The summed E-state index contributed by atoms with van der Waals surface area (Å²) in [5.74, 6) is -1.24. The molecule has 3 aromatic carbocycles. The fourth-order valence-electron chi connectivity index (χ4n) is 4.59. The van der Waals surface area contributed by atoms with Crippen LogP contribution in [0.4, 0.5) is 10.8 Å². The van der Waals surface area contributed by atoms with Crippen LogP contribution in [0.25, 0.3) is 16.0 Å². The van der Waals surface area contributed by atoms with Crippen LogP contribution in [0.5, 0.6) is 11.5 Å². The first-order chi connectivity index (χ1) is 18.3. The van der Waals surface area contributed by atoms with Crippen molar-refractivity contribution in [2.45, 2.75) is 13.0 Å². The molecule has 0 bridgehead atoms. The van der Waals surface area contributed by atoms with E-state index in [4.69, 9.17) is 9.47 Å². The highest BCUT2D eigenvalue weighted by atomic mass is 32.1. The number of ketones is 1. The number of carbonyl (C=O) groups excluding carboxylic acids is 2. The summed E-state index contributed by atoms with van der Waals surface area (Å²) in [6, 6.07) is 14.9. The molecule has 1 fully saturated rings. The first kappa shape index (κ1) is 23.6. The first-order valence-electron chi connectivity index (χ1n) is 11.6. The number of nitrogens with zero attached hydrogens (tertiary/aromatic N) is 3. The standard InChI is InChI=1S/C27H19N3O7S/c1-14-2-8-18-21(12-14)38-27(28-18)29-23(15-3-6-17(7-4-15)30(34)35)22(25(32)26(29)33)24(31)16-5-9-19-20(13-16)37-11-10-36-19/h2-9,12-13,23,31H,10-11H2,1H3/b24-22-. The summed E-state index contributed by atoms with van der Waals surface area (Å²) in [4.78, 5) is 43.4. The maximum Gasteiger partial charge on any atom is 0.301 e. The van der Waals surface area contributed by atoms with Gasteiger partial charge in [-0.05, 0) is 60.5 Å². The third-order valence-electron chi connectivity index (χ3n) is 6.42. The third kappa shape index (κ3) is 3.84. The molecule has 0 saturated carbocycles. The van der Waals surface area contributed by atoms with Gasteiger partial charge in [-0.15, -0.1) is 0 Å². The molecule has 1 unspecified atom stereocenters. The quantitative estimate of drug-likeness (QED) is 0.130. The molecule has 1 N–H and O–H groups in total. The fourth-order valence-corrected chi connectivity index (χ4v) is 5.68. The number of benzene rings is 3. The van der Waals surface area contributed by atoms with E-state index in [1.807, 2.05) is 25.1 Å². The van der Waals surface area contributed by atoms with Gasteiger partial charge in [0.05, 0.1) is 26.8 Å². The number of nitro groups is 1. The van der Waals surface area contributed by atoms with Crippen molar-refractivity contribution < 1.29 is 29.1 Å². The number of aliphatic hydroxyl groups excluding tert-OH is 1. The fraction of sp³-hybridized carbons (Fsp3) is 0.148. The van der Waals surface area contributed by atoms with Gasteiger partial charge in [0.1, 0.15) is 19.0 Å². The number of fused-ring (bicyclic) bond motifs is 2. The molecule has 0 aliphatic carbocycles. The number of aromatic nitrogens is 1. The van der Waals surface area contributed by atoms with Crippen LogP contribution in [-0.2, 0) is 9.59 Å². The van der Waals surface area contributed by atoms with Gasteiger partial charge in [0.15, 0.2) is 16.6 Å². The van der Waals surface area contributed by atoms with Gasteiger partial charge < -0.3 is 14.6 Å². The molecule has 2 aliphatic heterocycles. The number of rotatable bonds is 4. The number of hydrogen-bond donors (Lipinski definition) is 1. The van der Waals surface area contributed by atoms with Gasteiger partial charge in [-0.3, -0.25) is 24.6 Å². The van der Waals surface area contributed by atoms with E-state index in [1.54, 1.807) is 18.2 Å². The van der Waals surface area contributed by atoms with Crippen LogP contribution in [0.2, 0.25) is 0 Å². The van der Waals surface area contributed by atoms with Gasteiger partial charge in [0.2, 0.25) is 0 Å². The van der Waals surface area contributed by atoms with Crippen molar-refractivity contribution >= 4 is 49.8 Å². The van der Waals surface area contributed by atoms with E-state index < -0.39 is 28.4 Å². The molecule has 11 heteroatoms. The molecule has 0 radical (unpaired) electrons. The van der Waals surface area contributed by atoms with Gasteiger partial charge in [-0.1, -0.05) is 17.4 Å². The van der Waals surface area contributed by atoms with Crippen LogP contribution in [-0.4, -0.2) is 39.9 Å². The van der Waals surface area contributed by atoms with Crippen molar-refractivity contribution in [2.75, 3.05) is 18.1 Å². The van der Waals surface area contributed by atoms with Crippen LogP contribution in [0, 0.1) is 17.0 Å². The van der Waals surface area contributed by atoms with E-state index in [9.17, 15) is 24.8 Å². The van der Waals surface area contributed by atoms with Crippen LogP contribution >= 0.6 is 11.3 Å². The molecule has 1 saturated heterocycles. The summed E-state index contributed by atoms with van der Waals surface area (Å²) in [5.41, 5.74) is 2.04. The Morgan fingerprint density at radius 2 is 1.79 bits per heavy atom. The predicted octanol–water partition coefficient (Wildman–Crippen LogP) is 4.91. The molecule has 0 spiro atoms. The topological polar surface area (TPSA) is 132 Å². The Balaban J connectivity index is 1.53. The molecule has 1 amide bonds. The van der Waals surface area contributed by atoms with Crippen molar-refractivity contribution in [1.82, 2.24) is 4.98 Å². The average Bonchev–Trinajstić information content (AvgIpc) is 3.45. The van der Waals surface area contributed by atoms with Crippen molar-refractivity contribution in [3.63, 3.8) is 0 Å². The van der Waals surface area contributed by atoms with E-state index in [0.717, 1.165) is 10.3 Å². The van der Waals surface area contributed by atoms with E-state index in [1.165, 1.54) is 40.5 Å². The minimum Gasteiger partial charge on any atom is -0.507 e. The van der Waals surface area contributed by atoms with E-state index in [-0.39, 0.29) is 22.0 Å². The number of Topliss-reactive ketones (excluding diaryl/α,β-unsaturated/α-hetero) is 1. The Morgan fingerprint density at radius 3 is 2.53 bits per heavy atom. The summed E-state index contributed by atoms with van der Waals surface area (Å²) < 4.78 is 12.0. The second kappa shape index (κ2) is 8.96. The van der Waals surface area contributed by atoms with Gasteiger partial charge in [0, 0.05) is 17.7 Å². The first-order valence-corrected chi connectivity index (χ1v) is 12.5. The van der Waals surface area contributed by atoms with Crippen molar-refractivity contribution in [1.29, 1.82) is 0 Å². The number of anilines is 1. The second-order valence-electron chi connectivity index (χ2n) is 8.84. The minimum absolute atomic E-state index is 0.145. The van der Waals surface area contributed by atoms with Gasteiger partial charge in [-0.2, -0.15) is 0 Å². The van der Waals surface area contributed by atoms with E-state index in [0.29, 0.717) is 35.8 Å². The summed E-state index contributed by atoms with van der Waals surface area (Å²) >= 11 is 1.24. The Morgan fingerprint density at radius 1 is 1.05 bits per heavy atom. The summed E-state index contributed by atoms with van der Waals surface area (Å²) in [6.07, 6.45) is 0. The van der Waals surface area contributed by atoms with Gasteiger partial charge in [-0.25, -0.2) is 4.98 Å². The third-order valence-corrected chi connectivity index (χ3v) is 7.44. The number of ether oxygens (including phenoxy) is 2. The molecular weight excluding hydrogens is 510 g/mol. The summed E-state index contributed by atoms with van der Waals surface area (Å²) in [5, 5.41) is 22.9. The van der Waals surface area contributed by atoms with Gasteiger partial charge in [0.25, 0.3) is 11.5 Å². The predicted molar refractivity (Wildman–Crippen MR) is 140 cm³/mol. The minimum atomic E-state index is -1.06. The van der Waals surface area contributed by atoms with Crippen molar-refractivity contribution in [2.24, 2.45) is 0 Å². The van der Waals surface area contributed by atoms with E-state index in [2.05, 4.69) is 4.98 Å². The summed E-state index contributed by atoms with van der Waals surface area (Å²) in [7, 11) is 0. The Kier molecular flexibility index (Phi) is 5.57. The highest BCUT2D eigenvalue weighted by Gasteiger charge is 2.48. The molecule has 1 atom stereocenters. The van der Waals surface area contributed by atoms with Crippen molar-refractivity contribution in [3.05, 3.63) is 93.0 Å². The number of non-ortho nitro benzene ring substituents is 1. The molecule has 4 aromatic rings. The molecule has 6 rings (SSSR count). The highest BCUT2D eigenvalue weighted by Crippen LogP contribution is 2.45. The molecule has 190 valence electrons.